The fraction of sp³-hybridized carbons (Fsp3) is 0.444. The minimum absolute atomic E-state index is 0.0750. The molecule has 2 aromatic rings. The lowest BCUT2D eigenvalue weighted by Gasteiger charge is -2.24. The molecule has 5 nitrogen and oxygen atoms in total. The molecule has 0 radical (unpaired) electrons. The van der Waals surface area contributed by atoms with E-state index >= 15 is 0 Å². The van der Waals surface area contributed by atoms with Gasteiger partial charge >= 0.3 is 6.09 Å². The first-order valence-corrected chi connectivity index (χ1v) is 8.10. The number of amides is 1. The van der Waals surface area contributed by atoms with Gasteiger partial charge in [0, 0.05) is 36.4 Å². The predicted octanol–water partition coefficient (Wildman–Crippen LogP) is 3.80. The summed E-state index contributed by atoms with van der Waals surface area (Å²) in [6.45, 7) is 6.72. The van der Waals surface area contributed by atoms with E-state index in [-0.39, 0.29) is 18.0 Å². The van der Waals surface area contributed by atoms with E-state index in [1.807, 2.05) is 32.9 Å². The van der Waals surface area contributed by atoms with Gasteiger partial charge in [-0.1, -0.05) is 6.07 Å². The van der Waals surface area contributed by atoms with Crippen LogP contribution in [0.5, 0.6) is 0 Å². The molecule has 1 aliphatic heterocycles. The van der Waals surface area contributed by atoms with Gasteiger partial charge in [-0.3, -0.25) is 4.98 Å². The number of hydrogen-bond donors (Lipinski definition) is 1. The van der Waals surface area contributed by atoms with E-state index in [4.69, 9.17) is 4.74 Å². The molecule has 0 bridgehead atoms. The summed E-state index contributed by atoms with van der Waals surface area (Å²) < 4.78 is 19.5. The van der Waals surface area contributed by atoms with Gasteiger partial charge in [0.25, 0.3) is 0 Å². The highest BCUT2D eigenvalue weighted by Gasteiger charge is 2.29. The third-order valence-electron chi connectivity index (χ3n) is 3.87. The zero-order chi connectivity index (χ0) is 17.3. The van der Waals surface area contributed by atoms with Crippen LogP contribution < -0.4 is 5.32 Å². The van der Waals surface area contributed by atoms with Crippen molar-refractivity contribution >= 4 is 22.7 Å². The Hall–Kier alpha value is -2.37. The van der Waals surface area contributed by atoms with Crippen LogP contribution in [-0.2, 0) is 4.74 Å². The van der Waals surface area contributed by atoms with E-state index in [1.54, 1.807) is 17.2 Å². The van der Waals surface area contributed by atoms with Crippen LogP contribution in [-0.4, -0.2) is 40.7 Å². The van der Waals surface area contributed by atoms with E-state index in [0.717, 1.165) is 11.8 Å². The first-order valence-electron chi connectivity index (χ1n) is 8.10. The second-order valence-corrected chi connectivity index (χ2v) is 7.09. The van der Waals surface area contributed by atoms with Gasteiger partial charge in [0.2, 0.25) is 0 Å². The molecule has 0 spiro atoms. The van der Waals surface area contributed by atoms with E-state index in [1.165, 1.54) is 6.07 Å². The number of halogens is 1. The third-order valence-corrected chi connectivity index (χ3v) is 3.87. The minimum Gasteiger partial charge on any atom is -0.444 e. The van der Waals surface area contributed by atoms with Crippen molar-refractivity contribution in [1.29, 1.82) is 0 Å². The number of nitrogens with one attached hydrogen (secondary N) is 1. The van der Waals surface area contributed by atoms with E-state index in [2.05, 4.69) is 10.3 Å². The lowest BCUT2D eigenvalue weighted by Crippen LogP contribution is -2.36. The predicted molar refractivity (Wildman–Crippen MR) is 91.5 cm³/mol. The number of nitrogens with zero attached hydrogens (tertiary/aromatic N) is 2. The molecule has 6 heteroatoms. The van der Waals surface area contributed by atoms with Gasteiger partial charge < -0.3 is 15.0 Å². The van der Waals surface area contributed by atoms with Crippen LogP contribution in [0, 0.1) is 5.82 Å². The van der Waals surface area contributed by atoms with Crippen molar-refractivity contribution in [3.8, 4) is 0 Å². The molecule has 1 aromatic heterocycles. The topological polar surface area (TPSA) is 54.5 Å². The number of pyridine rings is 1. The molecule has 24 heavy (non-hydrogen) atoms. The van der Waals surface area contributed by atoms with Gasteiger partial charge in [-0.15, -0.1) is 0 Å². The van der Waals surface area contributed by atoms with Gasteiger partial charge in [-0.25, -0.2) is 9.18 Å². The van der Waals surface area contributed by atoms with E-state index < -0.39 is 5.60 Å². The first kappa shape index (κ1) is 16.5. The highest BCUT2D eigenvalue weighted by Crippen LogP contribution is 2.24. The average molecular weight is 331 g/mol. The zero-order valence-electron chi connectivity index (χ0n) is 14.2. The summed E-state index contributed by atoms with van der Waals surface area (Å²) in [5.41, 5.74) is 0.561. The number of rotatable bonds is 2. The third kappa shape index (κ3) is 3.75. The second kappa shape index (κ2) is 6.26. The number of fused-ring (bicyclic) bond motifs is 1. The Morgan fingerprint density at radius 3 is 2.96 bits per heavy atom. The van der Waals surface area contributed by atoms with Gasteiger partial charge in [0.15, 0.2) is 5.82 Å². The zero-order valence-corrected chi connectivity index (χ0v) is 14.2. The molecule has 1 N–H and O–H groups in total. The largest absolute Gasteiger partial charge is 0.444 e. The van der Waals surface area contributed by atoms with Crippen molar-refractivity contribution in [3.63, 3.8) is 0 Å². The van der Waals surface area contributed by atoms with E-state index in [9.17, 15) is 9.18 Å². The highest BCUT2D eigenvalue weighted by molar-refractivity contribution is 5.82. The fourth-order valence-corrected chi connectivity index (χ4v) is 2.84. The summed E-state index contributed by atoms with van der Waals surface area (Å²) in [5.74, 6) is -0.349. The standard InChI is InChI=1S/C18H22FN3O2/c1-18(2,3)24-17(23)22-8-6-13(11-22)21-14-9-12-5-4-7-20-16(12)15(19)10-14/h4-5,7,9-10,13,21H,6,8,11H2,1-3H3/t13-/m0/s1. The van der Waals surface area contributed by atoms with Crippen molar-refractivity contribution < 1.29 is 13.9 Å². The molecule has 1 fully saturated rings. The molecule has 1 saturated heterocycles. The number of carbonyl (C=O) groups excluding carboxylic acids is 1. The Morgan fingerprint density at radius 1 is 1.42 bits per heavy atom. The number of hydrogen-bond acceptors (Lipinski definition) is 4. The summed E-state index contributed by atoms with van der Waals surface area (Å²) >= 11 is 0. The summed E-state index contributed by atoms with van der Waals surface area (Å²) in [7, 11) is 0. The van der Waals surface area contributed by atoms with Crippen molar-refractivity contribution in [2.24, 2.45) is 0 Å². The molecule has 0 aliphatic carbocycles. The van der Waals surface area contributed by atoms with Crippen molar-refractivity contribution in [1.82, 2.24) is 9.88 Å². The van der Waals surface area contributed by atoms with Gasteiger partial charge in [-0.2, -0.15) is 0 Å². The molecule has 128 valence electrons. The Bertz CT molecular complexity index is 758. The van der Waals surface area contributed by atoms with Crippen molar-refractivity contribution in [2.45, 2.75) is 38.8 Å². The van der Waals surface area contributed by atoms with Gasteiger partial charge in [0.05, 0.1) is 0 Å². The van der Waals surface area contributed by atoms with Gasteiger partial charge in [0.1, 0.15) is 11.1 Å². The molecule has 1 amide bonds. The van der Waals surface area contributed by atoms with E-state index in [0.29, 0.717) is 24.3 Å². The first-order chi connectivity index (χ1) is 11.3. The molecule has 3 rings (SSSR count). The maximum atomic E-state index is 14.1. The molecule has 1 aliphatic rings. The lowest BCUT2D eigenvalue weighted by molar-refractivity contribution is 0.0293. The van der Waals surface area contributed by atoms with Crippen molar-refractivity contribution in [2.75, 3.05) is 18.4 Å². The number of benzene rings is 1. The summed E-state index contributed by atoms with van der Waals surface area (Å²) in [5, 5.41) is 4.06. The Labute approximate surface area is 140 Å². The van der Waals surface area contributed by atoms with Crippen LogP contribution in [0.25, 0.3) is 10.9 Å². The number of aromatic nitrogens is 1. The smallest absolute Gasteiger partial charge is 0.410 e. The molecular weight excluding hydrogens is 309 g/mol. The number of carbonyl (C=O) groups is 1. The summed E-state index contributed by atoms with van der Waals surface area (Å²) in [6, 6.07) is 7.02. The highest BCUT2D eigenvalue weighted by atomic mass is 19.1. The molecule has 0 saturated carbocycles. The van der Waals surface area contributed by atoms with Gasteiger partial charge in [-0.05, 0) is 45.4 Å². The van der Waals surface area contributed by atoms with Crippen LogP contribution in [0.3, 0.4) is 0 Å². The van der Waals surface area contributed by atoms with Crippen molar-refractivity contribution in [3.05, 3.63) is 36.3 Å². The summed E-state index contributed by atoms with van der Waals surface area (Å²) in [4.78, 5) is 17.8. The van der Waals surface area contributed by atoms with Crippen LogP contribution >= 0.6 is 0 Å². The van der Waals surface area contributed by atoms with Crippen LogP contribution in [0.1, 0.15) is 27.2 Å². The lowest BCUT2D eigenvalue weighted by atomic mass is 10.1. The second-order valence-electron chi connectivity index (χ2n) is 7.09. The molecule has 0 unspecified atom stereocenters. The maximum absolute atomic E-state index is 14.1. The van der Waals surface area contributed by atoms with Crippen LogP contribution in [0.2, 0.25) is 0 Å². The Kier molecular flexibility index (Phi) is 4.30. The number of ether oxygens (including phenoxy) is 1. The minimum atomic E-state index is -0.503. The van der Waals surface area contributed by atoms with Crippen LogP contribution in [0.15, 0.2) is 30.5 Å². The average Bonchev–Trinajstić information content (AvgIpc) is 2.94. The molecule has 1 atom stereocenters. The Morgan fingerprint density at radius 2 is 2.21 bits per heavy atom. The summed E-state index contributed by atoms with van der Waals surface area (Å²) in [6.07, 6.45) is 2.07. The quantitative estimate of drug-likeness (QED) is 0.909. The molecular formula is C18H22FN3O2. The number of likely N-dealkylation sites (tertiary alicyclic amines) is 1. The SMILES string of the molecule is CC(C)(C)OC(=O)N1CC[C@H](Nc2cc(F)c3ncccc3c2)C1. The number of anilines is 1. The molecule has 1 aromatic carbocycles. The normalized spacial score (nSPS) is 18.0. The maximum Gasteiger partial charge on any atom is 0.410 e. The van der Waals surface area contributed by atoms with Crippen LogP contribution in [0.4, 0.5) is 14.9 Å². The Balaban J connectivity index is 1.66. The fourth-order valence-electron chi connectivity index (χ4n) is 2.84. The monoisotopic (exact) mass is 331 g/mol. The molecule has 2 heterocycles.